The summed E-state index contributed by atoms with van der Waals surface area (Å²) in [7, 11) is 0. The number of hydrogen-bond acceptors (Lipinski definition) is 4. The van der Waals surface area contributed by atoms with Gasteiger partial charge in [-0.1, -0.05) is 6.07 Å². The lowest BCUT2D eigenvalue weighted by Crippen LogP contribution is -2.45. The van der Waals surface area contributed by atoms with Gasteiger partial charge in [-0.3, -0.25) is 14.7 Å². The van der Waals surface area contributed by atoms with E-state index in [0.717, 1.165) is 0 Å². The molecule has 2 aromatic carbocycles. The third-order valence-electron chi connectivity index (χ3n) is 4.81. The number of carbonyl (C=O) groups is 1. The van der Waals surface area contributed by atoms with Gasteiger partial charge in [0.15, 0.2) is 5.60 Å². The van der Waals surface area contributed by atoms with Crippen LogP contribution in [0.25, 0.3) is 16.7 Å². The van der Waals surface area contributed by atoms with E-state index >= 15 is 0 Å². The summed E-state index contributed by atoms with van der Waals surface area (Å²) in [4.78, 5) is 16.6. The normalized spacial score (nSPS) is 14.5. The number of nitrogens with zero attached hydrogens (tertiary/aromatic N) is 2. The van der Waals surface area contributed by atoms with Crippen LogP contribution in [0.1, 0.15) is 32.8 Å². The van der Waals surface area contributed by atoms with Crippen LogP contribution in [0, 0.1) is 5.82 Å². The van der Waals surface area contributed by atoms with Crippen molar-refractivity contribution in [2.24, 2.45) is 0 Å². The molecule has 0 aliphatic heterocycles. The number of rotatable bonds is 5. The molecule has 0 aliphatic rings. The lowest BCUT2D eigenvalue weighted by molar-refractivity contribution is -0.252. The van der Waals surface area contributed by atoms with E-state index in [0.29, 0.717) is 29.2 Å². The molecule has 1 aromatic heterocycles. The molecule has 0 spiro atoms. The van der Waals surface area contributed by atoms with Gasteiger partial charge in [0.05, 0.1) is 23.1 Å². The lowest BCUT2D eigenvalue weighted by Gasteiger charge is -2.25. The Hall–Kier alpha value is -2.98. The minimum absolute atomic E-state index is 0.113. The molecule has 0 radical (unpaired) electrons. The number of benzene rings is 2. The zero-order valence-electron chi connectivity index (χ0n) is 17.0. The largest absolute Gasteiger partial charge is 0.417 e. The molecule has 166 valence electrons. The Kier molecular flexibility index (Phi) is 5.57. The number of alkyl halides is 3. The van der Waals surface area contributed by atoms with E-state index in [1.165, 1.54) is 28.8 Å². The van der Waals surface area contributed by atoms with Crippen molar-refractivity contribution in [3.05, 3.63) is 53.8 Å². The summed E-state index contributed by atoms with van der Waals surface area (Å²) >= 11 is 0. The van der Waals surface area contributed by atoms with E-state index < -0.39 is 35.5 Å². The fourth-order valence-corrected chi connectivity index (χ4v) is 2.97. The molecule has 0 saturated carbocycles. The fourth-order valence-electron chi connectivity index (χ4n) is 2.97. The Bertz CT molecular complexity index is 1110. The molecule has 3 aromatic rings. The maximum absolute atomic E-state index is 13.4. The topological polar surface area (TPSA) is 87.4 Å². The predicted molar refractivity (Wildman–Crippen MR) is 106 cm³/mol. The smallest absolute Gasteiger partial charge is 0.386 e. The van der Waals surface area contributed by atoms with Crippen molar-refractivity contribution in [2.45, 2.75) is 44.6 Å². The van der Waals surface area contributed by atoms with Gasteiger partial charge in [-0.2, -0.15) is 13.2 Å². The number of nitrogens with one attached hydrogen (secondary N) is 1. The first kappa shape index (κ1) is 22.7. The molecular weight excluding hydrogens is 418 g/mol. The Labute approximate surface area is 175 Å². The van der Waals surface area contributed by atoms with Crippen LogP contribution in [0.3, 0.4) is 0 Å². The van der Waals surface area contributed by atoms with Crippen LogP contribution >= 0.6 is 0 Å². The van der Waals surface area contributed by atoms with Gasteiger partial charge in [0.1, 0.15) is 5.82 Å². The molecule has 3 N–H and O–H groups in total. The summed E-state index contributed by atoms with van der Waals surface area (Å²) in [6, 6.07) is 10.0. The number of aromatic nitrogens is 2. The van der Waals surface area contributed by atoms with Gasteiger partial charge in [-0.25, -0.2) is 9.37 Å². The zero-order valence-corrected chi connectivity index (χ0v) is 17.0. The van der Waals surface area contributed by atoms with Crippen LogP contribution < -0.4 is 5.32 Å². The van der Waals surface area contributed by atoms with Gasteiger partial charge >= 0.3 is 6.18 Å². The van der Waals surface area contributed by atoms with Crippen LogP contribution in [0.15, 0.2) is 42.5 Å². The molecule has 10 heteroatoms. The number of carbonyl (C=O) groups excluding carboxylic acids is 1. The van der Waals surface area contributed by atoms with Crippen molar-refractivity contribution in [2.75, 3.05) is 5.32 Å². The Morgan fingerprint density at radius 3 is 2.23 bits per heavy atom. The summed E-state index contributed by atoms with van der Waals surface area (Å²) in [5.74, 6) is -1.72. The number of amides is 1. The van der Waals surface area contributed by atoms with Gasteiger partial charge in [0.25, 0.3) is 0 Å². The lowest BCUT2D eigenvalue weighted by atomic mass is 9.98. The zero-order chi connectivity index (χ0) is 23.2. The minimum atomic E-state index is -5.00. The van der Waals surface area contributed by atoms with Crippen LogP contribution in [-0.4, -0.2) is 37.4 Å². The molecular formula is C21H21F4N3O3. The third-order valence-corrected chi connectivity index (χ3v) is 4.81. The van der Waals surface area contributed by atoms with Gasteiger partial charge < -0.3 is 10.2 Å². The monoisotopic (exact) mass is 439 g/mol. The summed E-state index contributed by atoms with van der Waals surface area (Å²) in [5, 5.41) is 22.2. The van der Waals surface area contributed by atoms with E-state index in [4.69, 9.17) is 0 Å². The van der Waals surface area contributed by atoms with Crippen molar-refractivity contribution in [3.8, 4) is 5.69 Å². The number of aliphatic hydroxyl groups is 2. The van der Waals surface area contributed by atoms with Gasteiger partial charge in [0, 0.05) is 5.69 Å². The first-order valence-corrected chi connectivity index (χ1v) is 9.29. The van der Waals surface area contributed by atoms with Crippen LogP contribution in [-0.2, 0) is 10.4 Å². The molecule has 0 fully saturated rings. The Morgan fingerprint density at radius 1 is 1.06 bits per heavy atom. The van der Waals surface area contributed by atoms with Crippen molar-refractivity contribution >= 4 is 22.9 Å². The minimum Gasteiger partial charge on any atom is -0.386 e. The van der Waals surface area contributed by atoms with Crippen molar-refractivity contribution in [1.29, 1.82) is 0 Å². The third kappa shape index (κ3) is 4.70. The SMILES string of the molecule is CC(C)(O)c1ccc2nc(NC(=O)CC(C)(O)C(F)(F)F)n(-c3ccc(F)cc3)c2c1. The highest BCUT2D eigenvalue weighted by molar-refractivity contribution is 5.93. The highest BCUT2D eigenvalue weighted by Crippen LogP contribution is 2.34. The standard InChI is InChI=1S/C21H21F4N3O3/c1-19(2,30)12-4-9-15-16(10-12)28(14-7-5-13(22)6-8-14)18(26-15)27-17(29)11-20(3,31)21(23,24)25/h4-10,30-31H,11H2,1-3H3,(H,26,27,29). The maximum Gasteiger partial charge on any atom is 0.417 e. The molecule has 0 bridgehead atoms. The molecule has 1 heterocycles. The Balaban J connectivity index is 2.09. The summed E-state index contributed by atoms with van der Waals surface area (Å²) in [6.45, 7) is 3.66. The van der Waals surface area contributed by atoms with Crippen LogP contribution in [0.2, 0.25) is 0 Å². The number of halogens is 4. The Morgan fingerprint density at radius 2 is 1.68 bits per heavy atom. The first-order chi connectivity index (χ1) is 14.2. The fraction of sp³-hybridized carbons (Fsp3) is 0.333. The number of fused-ring (bicyclic) bond motifs is 1. The van der Waals surface area contributed by atoms with Gasteiger partial charge in [0.2, 0.25) is 11.9 Å². The molecule has 1 atom stereocenters. The number of imidazole rings is 1. The van der Waals surface area contributed by atoms with Gasteiger partial charge in [-0.15, -0.1) is 0 Å². The van der Waals surface area contributed by atoms with Gasteiger partial charge in [-0.05, 0) is 62.7 Å². The average molecular weight is 439 g/mol. The number of anilines is 1. The summed E-state index contributed by atoms with van der Waals surface area (Å²) < 4.78 is 53.6. The van der Waals surface area contributed by atoms with Crippen molar-refractivity contribution in [3.63, 3.8) is 0 Å². The predicted octanol–water partition coefficient (Wildman–Crippen LogP) is 4.03. The molecule has 3 rings (SSSR count). The van der Waals surface area contributed by atoms with E-state index in [-0.39, 0.29) is 5.95 Å². The summed E-state index contributed by atoms with van der Waals surface area (Å²) in [5.41, 5.74) is -2.69. The molecule has 0 saturated heterocycles. The molecule has 31 heavy (non-hydrogen) atoms. The van der Waals surface area contributed by atoms with Crippen molar-refractivity contribution in [1.82, 2.24) is 9.55 Å². The highest BCUT2D eigenvalue weighted by Gasteiger charge is 2.51. The molecule has 6 nitrogen and oxygen atoms in total. The van der Waals surface area contributed by atoms with Crippen LogP contribution in [0.5, 0.6) is 0 Å². The van der Waals surface area contributed by atoms with E-state index in [1.54, 1.807) is 32.0 Å². The maximum atomic E-state index is 13.4. The van der Waals surface area contributed by atoms with E-state index in [2.05, 4.69) is 10.3 Å². The molecule has 0 aliphatic carbocycles. The van der Waals surface area contributed by atoms with Crippen molar-refractivity contribution < 1.29 is 32.6 Å². The molecule has 1 unspecified atom stereocenters. The van der Waals surface area contributed by atoms with Crippen LogP contribution in [0.4, 0.5) is 23.5 Å². The quantitative estimate of drug-likeness (QED) is 0.524. The highest BCUT2D eigenvalue weighted by atomic mass is 19.4. The number of hydrogen-bond donors (Lipinski definition) is 3. The van der Waals surface area contributed by atoms with E-state index in [9.17, 15) is 32.6 Å². The first-order valence-electron chi connectivity index (χ1n) is 9.29. The molecule has 1 amide bonds. The second-order valence-corrected chi connectivity index (χ2v) is 8.01. The van der Waals surface area contributed by atoms with E-state index in [1.807, 2.05) is 0 Å². The second kappa shape index (κ2) is 7.61. The second-order valence-electron chi connectivity index (χ2n) is 8.01. The summed E-state index contributed by atoms with van der Waals surface area (Å²) in [6.07, 6.45) is -6.24. The average Bonchev–Trinajstić information content (AvgIpc) is 2.97.